The van der Waals surface area contributed by atoms with Gasteiger partial charge in [-0.2, -0.15) is 8.78 Å². The van der Waals surface area contributed by atoms with Crippen molar-refractivity contribution in [3.63, 3.8) is 0 Å². The van der Waals surface area contributed by atoms with Gasteiger partial charge in [0.1, 0.15) is 5.01 Å². The van der Waals surface area contributed by atoms with Crippen molar-refractivity contribution in [3.05, 3.63) is 59.1 Å². The molecular formula is C17H14F2N4OS2. The zero-order valence-corrected chi connectivity index (χ0v) is 15.2. The summed E-state index contributed by atoms with van der Waals surface area (Å²) in [5.74, 6) is -2.77. The maximum Gasteiger partial charge on any atom is 0.288 e. The molecule has 0 aliphatic rings. The first-order chi connectivity index (χ1) is 12.5. The number of hydrogen-bond acceptors (Lipinski definition) is 6. The number of aromatic nitrogens is 2. The Morgan fingerprint density at radius 3 is 2.50 bits per heavy atom. The molecule has 0 saturated heterocycles. The summed E-state index contributed by atoms with van der Waals surface area (Å²) in [5, 5.41) is 14.8. The Labute approximate surface area is 156 Å². The highest BCUT2D eigenvalue weighted by Crippen LogP contribution is 2.28. The number of nitrogens with one attached hydrogen (secondary N) is 2. The van der Waals surface area contributed by atoms with Crippen molar-refractivity contribution >= 4 is 45.5 Å². The van der Waals surface area contributed by atoms with E-state index in [1.165, 1.54) is 11.3 Å². The van der Waals surface area contributed by atoms with Crippen LogP contribution in [0.1, 0.15) is 15.4 Å². The number of anilines is 3. The summed E-state index contributed by atoms with van der Waals surface area (Å²) in [6.07, 6.45) is 0. The second kappa shape index (κ2) is 8.24. The van der Waals surface area contributed by atoms with E-state index in [2.05, 4.69) is 20.8 Å². The molecule has 2 aromatic carbocycles. The molecule has 3 aromatic rings. The number of hydrogen-bond donors (Lipinski definition) is 2. The number of nitrogens with zero attached hydrogens (tertiary/aromatic N) is 2. The minimum absolute atomic E-state index is 0.311. The van der Waals surface area contributed by atoms with E-state index in [9.17, 15) is 13.6 Å². The van der Waals surface area contributed by atoms with Crippen LogP contribution in [0.3, 0.4) is 0 Å². The van der Waals surface area contributed by atoms with Crippen LogP contribution in [0.5, 0.6) is 0 Å². The molecule has 0 bridgehead atoms. The van der Waals surface area contributed by atoms with E-state index < -0.39 is 5.76 Å². The lowest BCUT2D eigenvalue weighted by atomic mass is 10.1. The van der Waals surface area contributed by atoms with Crippen LogP contribution in [0.4, 0.5) is 25.3 Å². The molecule has 1 heterocycles. The lowest BCUT2D eigenvalue weighted by molar-refractivity contribution is 0.102. The quantitative estimate of drug-likeness (QED) is 0.568. The molecule has 0 saturated carbocycles. The number of halogens is 2. The van der Waals surface area contributed by atoms with Gasteiger partial charge in [0.25, 0.3) is 11.7 Å². The van der Waals surface area contributed by atoms with Crippen LogP contribution in [0.25, 0.3) is 0 Å². The van der Waals surface area contributed by atoms with Gasteiger partial charge in [-0.1, -0.05) is 35.2 Å². The predicted molar refractivity (Wildman–Crippen MR) is 101 cm³/mol. The Morgan fingerprint density at radius 2 is 1.85 bits per heavy atom. The van der Waals surface area contributed by atoms with Gasteiger partial charge >= 0.3 is 0 Å². The highest BCUT2D eigenvalue weighted by atomic mass is 32.2. The summed E-state index contributed by atoms with van der Waals surface area (Å²) in [6, 6.07) is 13.6. The maximum atomic E-state index is 12.5. The molecule has 0 unspecified atom stereocenters. The van der Waals surface area contributed by atoms with Gasteiger partial charge < -0.3 is 5.32 Å². The maximum absolute atomic E-state index is 12.5. The van der Waals surface area contributed by atoms with Crippen molar-refractivity contribution in [1.82, 2.24) is 10.2 Å². The average molecular weight is 392 g/mol. The van der Waals surface area contributed by atoms with Crippen LogP contribution in [0.15, 0.2) is 53.4 Å². The Kier molecular flexibility index (Phi) is 5.79. The number of thioether (sulfide) groups is 1. The number of carbonyl (C=O) groups is 1. The van der Waals surface area contributed by atoms with Crippen LogP contribution < -0.4 is 10.6 Å². The summed E-state index contributed by atoms with van der Waals surface area (Å²) < 4.78 is 24.8. The van der Waals surface area contributed by atoms with Crippen LogP contribution in [0, 0.1) is 6.92 Å². The third-order valence-electron chi connectivity index (χ3n) is 3.28. The summed E-state index contributed by atoms with van der Waals surface area (Å²) in [4.78, 5) is 13.0. The second-order valence-electron chi connectivity index (χ2n) is 5.15. The van der Waals surface area contributed by atoms with Crippen molar-refractivity contribution in [2.24, 2.45) is 0 Å². The van der Waals surface area contributed by atoms with Crippen molar-refractivity contribution in [2.45, 2.75) is 17.6 Å². The standard InChI is InChI=1S/C17H14F2N4OS2/c1-10-22-23-17(25-10)21-15(24)13-4-2-3-5-14(13)20-11-6-8-12(9-7-11)26-16(18)19/h2-9,16,20H,1H3,(H,21,23,24). The average Bonchev–Trinajstić information content (AvgIpc) is 3.01. The Bertz CT molecular complexity index is 900. The number of para-hydroxylation sites is 1. The van der Waals surface area contributed by atoms with Crippen molar-refractivity contribution in [3.8, 4) is 0 Å². The minimum Gasteiger partial charge on any atom is -0.355 e. The van der Waals surface area contributed by atoms with Gasteiger partial charge in [-0.25, -0.2) is 0 Å². The number of alkyl halides is 2. The molecule has 2 N–H and O–H groups in total. The molecule has 26 heavy (non-hydrogen) atoms. The molecule has 9 heteroatoms. The molecule has 0 radical (unpaired) electrons. The number of carbonyl (C=O) groups excluding carboxylic acids is 1. The van der Waals surface area contributed by atoms with Crippen LogP contribution >= 0.6 is 23.1 Å². The highest BCUT2D eigenvalue weighted by molar-refractivity contribution is 7.99. The lowest BCUT2D eigenvalue weighted by Crippen LogP contribution is -2.13. The predicted octanol–water partition coefficient (Wildman–Crippen LogP) is 5.16. The normalized spacial score (nSPS) is 10.8. The van der Waals surface area contributed by atoms with Gasteiger partial charge in [-0.3, -0.25) is 10.1 Å². The van der Waals surface area contributed by atoms with Gasteiger partial charge in [0.2, 0.25) is 5.13 Å². The van der Waals surface area contributed by atoms with E-state index in [0.29, 0.717) is 38.7 Å². The fraction of sp³-hybridized carbons (Fsp3) is 0.118. The largest absolute Gasteiger partial charge is 0.355 e. The Hall–Kier alpha value is -2.52. The minimum atomic E-state index is -2.46. The van der Waals surface area contributed by atoms with Crippen LogP contribution in [0.2, 0.25) is 0 Å². The third kappa shape index (κ3) is 4.77. The molecule has 0 fully saturated rings. The Morgan fingerprint density at radius 1 is 1.12 bits per heavy atom. The molecule has 3 rings (SSSR count). The number of benzene rings is 2. The van der Waals surface area contributed by atoms with Crippen LogP contribution in [-0.2, 0) is 0 Å². The van der Waals surface area contributed by atoms with E-state index >= 15 is 0 Å². The van der Waals surface area contributed by atoms with E-state index in [1.807, 2.05) is 0 Å². The second-order valence-corrected chi connectivity index (χ2v) is 7.40. The highest BCUT2D eigenvalue weighted by Gasteiger charge is 2.13. The zero-order valence-electron chi connectivity index (χ0n) is 13.6. The first kappa shape index (κ1) is 18.3. The summed E-state index contributed by atoms with van der Waals surface area (Å²) in [6.45, 7) is 1.80. The molecule has 0 aliphatic carbocycles. The summed E-state index contributed by atoms with van der Waals surface area (Å²) in [7, 11) is 0. The van der Waals surface area contributed by atoms with E-state index in [1.54, 1.807) is 55.5 Å². The van der Waals surface area contributed by atoms with Crippen molar-refractivity contribution in [1.29, 1.82) is 0 Å². The fourth-order valence-corrected chi connectivity index (χ4v) is 3.26. The van der Waals surface area contributed by atoms with Crippen LogP contribution in [-0.4, -0.2) is 21.9 Å². The summed E-state index contributed by atoms with van der Waals surface area (Å²) in [5.41, 5.74) is 1.72. The SMILES string of the molecule is Cc1nnc(NC(=O)c2ccccc2Nc2ccc(SC(F)F)cc2)s1. The molecule has 1 amide bonds. The Balaban J connectivity index is 1.75. The van der Waals surface area contributed by atoms with E-state index in [0.717, 1.165) is 5.01 Å². The molecular weight excluding hydrogens is 378 g/mol. The first-order valence-corrected chi connectivity index (χ1v) is 9.23. The third-order valence-corrected chi connectivity index (χ3v) is 4.75. The van der Waals surface area contributed by atoms with Crippen molar-refractivity contribution in [2.75, 3.05) is 10.6 Å². The monoisotopic (exact) mass is 392 g/mol. The molecule has 5 nitrogen and oxygen atoms in total. The van der Waals surface area contributed by atoms with Gasteiger partial charge in [-0.05, 0) is 43.3 Å². The molecule has 0 spiro atoms. The first-order valence-electron chi connectivity index (χ1n) is 7.53. The number of amides is 1. The van der Waals surface area contributed by atoms with Gasteiger partial charge in [0.05, 0.1) is 11.3 Å². The van der Waals surface area contributed by atoms with Crippen molar-refractivity contribution < 1.29 is 13.6 Å². The zero-order chi connectivity index (χ0) is 18.5. The molecule has 1 aromatic heterocycles. The fourth-order valence-electron chi connectivity index (χ4n) is 2.18. The topological polar surface area (TPSA) is 66.9 Å². The summed E-state index contributed by atoms with van der Waals surface area (Å²) >= 11 is 1.78. The van der Waals surface area contributed by atoms with Gasteiger partial charge in [-0.15, -0.1) is 10.2 Å². The van der Waals surface area contributed by atoms with Gasteiger partial charge in [0.15, 0.2) is 0 Å². The van der Waals surface area contributed by atoms with Gasteiger partial charge in [0, 0.05) is 10.6 Å². The molecule has 134 valence electrons. The lowest BCUT2D eigenvalue weighted by Gasteiger charge is -2.12. The smallest absolute Gasteiger partial charge is 0.288 e. The number of rotatable bonds is 6. The van der Waals surface area contributed by atoms with E-state index in [4.69, 9.17) is 0 Å². The molecule has 0 aliphatic heterocycles. The van der Waals surface area contributed by atoms with E-state index in [-0.39, 0.29) is 5.91 Å². The number of aryl methyl sites for hydroxylation is 1. The molecule has 0 atom stereocenters.